The first kappa shape index (κ1) is 11.6. The van der Waals surface area contributed by atoms with Crippen LogP contribution in [-0.2, 0) is 13.5 Å². The summed E-state index contributed by atoms with van der Waals surface area (Å²) in [5.41, 5.74) is 0.955. The molecule has 6 nitrogen and oxygen atoms in total. The first-order chi connectivity index (χ1) is 9.18. The third kappa shape index (κ3) is 1.81. The Hall–Kier alpha value is -2.50. The van der Waals surface area contributed by atoms with E-state index in [9.17, 15) is 9.59 Å². The molecule has 0 atom stereocenters. The summed E-state index contributed by atoms with van der Waals surface area (Å²) in [6.45, 7) is 0.318. The van der Waals surface area contributed by atoms with Gasteiger partial charge in [-0.05, 0) is 12.1 Å². The molecule has 1 aromatic heterocycles. The lowest BCUT2D eigenvalue weighted by Crippen LogP contribution is -2.32. The Balaban J connectivity index is 1.79. The number of rotatable bonds is 3. The highest BCUT2D eigenvalue weighted by molar-refractivity contribution is 6.21. The van der Waals surface area contributed by atoms with E-state index < -0.39 is 0 Å². The van der Waals surface area contributed by atoms with Crippen molar-refractivity contribution in [2.24, 2.45) is 7.05 Å². The van der Waals surface area contributed by atoms with E-state index in [1.165, 1.54) is 11.2 Å². The topological polar surface area (TPSA) is 68.1 Å². The number of aryl methyl sites for hydroxylation is 1. The molecule has 0 aliphatic carbocycles. The summed E-state index contributed by atoms with van der Waals surface area (Å²) in [4.78, 5) is 29.6. The summed E-state index contributed by atoms with van der Waals surface area (Å²) in [7, 11) is 1.78. The first-order valence-corrected chi connectivity index (χ1v) is 5.96. The van der Waals surface area contributed by atoms with Gasteiger partial charge in [0.05, 0.1) is 11.1 Å². The predicted octanol–water partition coefficient (Wildman–Crippen LogP) is 0.654. The van der Waals surface area contributed by atoms with E-state index in [1.807, 2.05) is 0 Å². The number of nitrogens with zero attached hydrogens (tertiary/aromatic N) is 4. The monoisotopic (exact) mass is 256 g/mol. The van der Waals surface area contributed by atoms with E-state index in [1.54, 1.807) is 36.0 Å². The summed E-state index contributed by atoms with van der Waals surface area (Å²) < 4.78 is 1.64. The van der Waals surface area contributed by atoms with Crippen LogP contribution in [0.2, 0.25) is 0 Å². The van der Waals surface area contributed by atoms with Crippen molar-refractivity contribution < 1.29 is 9.59 Å². The Kier molecular flexibility index (Phi) is 2.63. The van der Waals surface area contributed by atoms with E-state index in [0.717, 1.165) is 5.82 Å². The third-order valence-corrected chi connectivity index (χ3v) is 3.24. The van der Waals surface area contributed by atoms with Gasteiger partial charge in [-0.1, -0.05) is 12.1 Å². The molecule has 0 saturated carbocycles. The fourth-order valence-electron chi connectivity index (χ4n) is 2.20. The summed E-state index contributed by atoms with van der Waals surface area (Å²) in [5, 5.41) is 3.96. The van der Waals surface area contributed by atoms with Crippen LogP contribution in [-0.4, -0.2) is 38.0 Å². The van der Waals surface area contributed by atoms with Crippen LogP contribution in [0, 0.1) is 0 Å². The van der Waals surface area contributed by atoms with Gasteiger partial charge in [0.15, 0.2) is 0 Å². The molecule has 2 aromatic rings. The van der Waals surface area contributed by atoms with E-state index in [2.05, 4.69) is 10.1 Å². The Bertz CT molecular complexity index is 627. The van der Waals surface area contributed by atoms with Crippen LogP contribution in [0.1, 0.15) is 26.5 Å². The molecule has 1 aromatic carbocycles. The molecule has 0 bridgehead atoms. The molecule has 1 aliphatic rings. The van der Waals surface area contributed by atoms with Crippen LogP contribution in [0.25, 0.3) is 0 Å². The minimum Gasteiger partial charge on any atom is -0.274 e. The third-order valence-electron chi connectivity index (χ3n) is 3.24. The van der Waals surface area contributed by atoms with Gasteiger partial charge in [0, 0.05) is 20.0 Å². The first-order valence-electron chi connectivity index (χ1n) is 5.96. The number of carbonyl (C=O) groups excluding carboxylic acids is 2. The number of hydrogen-bond acceptors (Lipinski definition) is 4. The van der Waals surface area contributed by atoms with Crippen molar-refractivity contribution >= 4 is 11.8 Å². The van der Waals surface area contributed by atoms with Crippen LogP contribution in [0.15, 0.2) is 30.6 Å². The van der Waals surface area contributed by atoms with Crippen LogP contribution in [0.3, 0.4) is 0 Å². The molecule has 0 unspecified atom stereocenters. The second-order valence-corrected chi connectivity index (χ2v) is 4.36. The van der Waals surface area contributed by atoms with Crippen LogP contribution in [0.4, 0.5) is 0 Å². The number of aromatic nitrogens is 3. The second-order valence-electron chi connectivity index (χ2n) is 4.36. The molecule has 6 heteroatoms. The number of amides is 2. The van der Waals surface area contributed by atoms with E-state index in [4.69, 9.17) is 0 Å². The molecule has 0 spiro atoms. The van der Waals surface area contributed by atoms with Crippen molar-refractivity contribution in [1.82, 2.24) is 19.7 Å². The molecule has 2 amide bonds. The maximum atomic E-state index is 12.1. The van der Waals surface area contributed by atoms with Gasteiger partial charge in [0.2, 0.25) is 0 Å². The van der Waals surface area contributed by atoms with Gasteiger partial charge in [-0.25, -0.2) is 4.98 Å². The highest BCUT2D eigenvalue weighted by atomic mass is 16.2. The summed E-state index contributed by atoms with van der Waals surface area (Å²) in [5.74, 6) is 0.280. The standard InChI is InChI=1S/C13H12N4O2/c1-16-11(14-8-15-16)6-7-17-12(18)9-4-2-3-5-10(9)13(17)19/h2-5,8H,6-7H2,1H3. The van der Waals surface area contributed by atoms with Gasteiger partial charge < -0.3 is 0 Å². The number of carbonyl (C=O) groups is 2. The fraction of sp³-hybridized carbons (Fsp3) is 0.231. The molecule has 96 valence electrons. The Morgan fingerprint density at radius 2 is 1.74 bits per heavy atom. The quantitative estimate of drug-likeness (QED) is 0.756. The zero-order valence-electron chi connectivity index (χ0n) is 10.4. The fourth-order valence-corrected chi connectivity index (χ4v) is 2.20. The largest absolute Gasteiger partial charge is 0.274 e. The van der Waals surface area contributed by atoms with Crippen LogP contribution in [0.5, 0.6) is 0 Å². The smallest absolute Gasteiger partial charge is 0.261 e. The summed E-state index contributed by atoms with van der Waals surface area (Å²) in [6, 6.07) is 6.88. The van der Waals surface area contributed by atoms with Crippen molar-refractivity contribution in [3.8, 4) is 0 Å². The van der Waals surface area contributed by atoms with E-state index in [0.29, 0.717) is 24.1 Å². The molecule has 0 radical (unpaired) electrons. The van der Waals surface area contributed by atoms with Crippen molar-refractivity contribution in [1.29, 1.82) is 0 Å². The summed E-state index contributed by atoms with van der Waals surface area (Å²) >= 11 is 0. The van der Waals surface area contributed by atoms with E-state index >= 15 is 0 Å². The lowest BCUT2D eigenvalue weighted by Gasteiger charge is -2.12. The van der Waals surface area contributed by atoms with Gasteiger partial charge in [0.25, 0.3) is 11.8 Å². The molecule has 2 heterocycles. The van der Waals surface area contributed by atoms with Crippen molar-refractivity contribution in [3.63, 3.8) is 0 Å². The number of benzene rings is 1. The number of hydrogen-bond donors (Lipinski definition) is 0. The average molecular weight is 256 g/mol. The van der Waals surface area contributed by atoms with Crippen molar-refractivity contribution in [3.05, 3.63) is 47.5 Å². The molecule has 3 rings (SSSR count). The SMILES string of the molecule is Cn1ncnc1CCN1C(=O)c2ccccc2C1=O. The molecule has 0 N–H and O–H groups in total. The van der Waals surface area contributed by atoms with Crippen LogP contribution >= 0.6 is 0 Å². The van der Waals surface area contributed by atoms with Gasteiger partial charge >= 0.3 is 0 Å². The van der Waals surface area contributed by atoms with Crippen molar-refractivity contribution in [2.45, 2.75) is 6.42 Å². The van der Waals surface area contributed by atoms with Gasteiger partial charge in [-0.3, -0.25) is 19.2 Å². The second kappa shape index (κ2) is 4.31. The van der Waals surface area contributed by atoms with Crippen molar-refractivity contribution in [2.75, 3.05) is 6.54 Å². The van der Waals surface area contributed by atoms with E-state index in [-0.39, 0.29) is 11.8 Å². The highest BCUT2D eigenvalue weighted by Gasteiger charge is 2.34. The Morgan fingerprint density at radius 3 is 2.26 bits per heavy atom. The number of fused-ring (bicyclic) bond motifs is 1. The van der Waals surface area contributed by atoms with Gasteiger partial charge in [-0.2, -0.15) is 5.10 Å². The zero-order chi connectivity index (χ0) is 13.4. The maximum absolute atomic E-state index is 12.1. The Morgan fingerprint density at radius 1 is 1.11 bits per heavy atom. The number of imide groups is 1. The lowest BCUT2D eigenvalue weighted by atomic mass is 10.1. The minimum absolute atomic E-state index is 0.234. The average Bonchev–Trinajstić information content (AvgIpc) is 2.93. The molecule has 0 saturated heterocycles. The van der Waals surface area contributed by atoms with Crippen LogP contribution < -0.4 is 0 Å². The molecule has 1 aliphatic heterocycles. The molecular weight excluding hydrogens is 244 g/mol. The van der Waals surface area contributed by atoms with Gasteiger partial charge in [0.1, 0.15) is 12.2 Å². The lowest BCUT2D eigenvalue weighted by molar-refractivity contribution is 0.0655. The summed E-state index contributed by atoms with van der Waals surface area (Å²) in [6.07, 6.45) is 1.96. The Labute approximate surface area is 109 Å². The zero-order valence-corrected chi connectivity index (χ0v) is 10.4. The molecule has 19 heavy (non-hydrogen) atoms. The molecule has 0 fully saturated rings. The highest BCUT2D eigenvalue weighted by Crippen LogP contribution is 2.22. The molecular formula is C13H12N4O2. The maximum Gasteiger partial charge on any atom is 0.261 e. The normalized spacial score (nSPS) is 14.1. The van der Waals surface area contributed by atoms with Gasteiger partial charge in [-0.15, -0.1) is 0 Å². The predicted molar refractivity (Wildman–Crippen MR) is 66.5 cm³/mol. The minimum atomic E-state index is -0.234.